The fourth-order valence-electron chi connectivity index (χ4n) is 4.20. The van der Waals surface area contributed by atoms with Gasteiger partial charge in [-0.15, -0.1) is 0 Å². The quantitative estimate of drug-likeness (QED) is 0.483. The van der Waals surface area contributed by atoms with Crippen LogP contribution in [0.1, 0.15) is 21.5 Å². The molecule has 0 bridgehead atoms. The fourth-order valence-corrected chi connectivity index (χ4v) is 4.20. The summed E-state index contributed by atoms with van der Waals surface area (Å²) < 4.78 is 7.72. The summed E-state index contributed by atoms with van der Waals surface area (Å²) in [6.45, 7) is 0.877. The molecule has 2 aromatic carbocycles. The van der Waals surface area contributed by atoms with Gasteiger partial charge in [0.15, 0.2) is 5.76 Å². The van der Waals surface area contributed by atoms with Crippen LogP contribution < -0.4 is 4.74 Å². The minimum absolute atomic E-state index is 0.0750. The smallest absolute Gasteiger partial charge is 0.235 e. The molecular weight excluding hydrogens is 402 g/mol. The lowest BCUT2D eigenvalue weighted by molar-refractivity contribution is 0.101. The van der Waals surface area contributed by atoms with Crippen molar-refractivity contribution < 1.29 is 14.6 Å². The van der Waals surface area contributed by atoms with Crippen LogP contribution in [0.3, 0.4) is 0 Å². The van der Waals surface area contributed by atoms with Gasteiger partial charge in [-0.3, -0.25) is 4.79 Å². The van der Waals surface area contributed by atoms with Gasteiger partial charge in [0.1, 0.15) is 22.7 Å². The predicted octanol–water partition coefficient (Wildman–Crippen LogP) is 4.62. The maximum absolute atomic E-state index is 12.9. The van der Waals surface area contributed by atoms with Crippen LogP contribution in [-0.2, 0) is 13.6 Å². The van der Waals surface area contributed by atoms with Crippen molar-refractivity contribution in [1.82, 2.24) is 14.5 Å². The third-order valence-corrected chi connectivity index (χ3v) is 5.61. The maximum atomic E-state index is 12.9. The third kappa shape index (κ3) is 3.35. The highest BCUT2D eigenvalue weighted by molar-refractivity contribution is 6.17. The van der Waals surface area contributed by atoms with E-state index < -0.39 is 0 Å². The van der Waals surface area contributed by atoms with Crippen LogP contribution in [0.15, 0.2) is 66.7 Å². The molecule has 4 aromatic rings. The number of phenolic OH excluding ortho intramolecular Hbond substituents is 1. The number of benzene rings is 2. The zero-order valence-corrected chi connectivity index (χ0v) is 18.2. The van der Waals surface area contributed by atoms with E-state index in [1.165, 1.54) is 11.6 Å². The number of hydrogen-bond acceptors (Lipinski definition) is 5. The second kappa shape index (κ2) is 7.66. The molecule has 0 amide bonds. The topological polar surface area (TPSA) is 67.6 Å². The molecule has 6 nitrogen and oxygen atoms in total. The van der Waals surface area contributed by atoms with Crippen LogP contribution in [0.2, 0.25) is 0 Å². The van der Waals surface area contributed by atoms with Gasteiger partial charge in [-0.25, -0.2) is 4.98 Å². The molecule has 32 heavy (non-hydrogen) atoms. The number of ketones is 1. The number of carbonyl (C=O) groups excluding carboxylic acids is 1. The Morgan fingerprint density at radius 3 is 2.62 bits per heavy atom. The summed E-state index contributed by atoms with van der Waals surface area (Å²) in [5.41, 5.74) is 5.20. The zero-order valence-electron chi connectivity index (χ0n) is 18.2. The van der Waals surface area contributed by atoms with Gasteiger partial charge >= 0.3 is 0 Å². The summed E-state index contributed by atoms with van der Waals surface area (Å²) in [5, 5.41) is 11.0. The SMILES string of the molecule is CN(C)Cc1ccc(-c2ccnc3c2c(C=C2Oc4cccc(O)c4C2=O)cn3C)cc1. The van der Waals surface area contributed by atoms with Crippen LogP contribution in [0.5, 0.6) is 11.5 Å². The van der Waals surface area contributed by atoms with Gasteiger partial charge in [-0.1, -0.05) is 30.3 Å². The number of allylic oxidation sites excluding steroid dienone is 1. The Morgan fingerprint density at radius 2 is 1.91 bits per heavy atom. The lowest BCUT2D eigenvalue weighted by Gasteiger charge is -2.11. The first-order valence-corrected chi connectivity index (χ1v) is 10.4. The molecule has 5 rings (SSSR count). The van der Waals surface area contributed by atoms with Gasteiger partial charge in [-0.2, -0.15) is 0 Å². The van der Waals surface area contributed by atoms with Gasteiger partial charge in [0.05, 0.1) is 0 Å². The minimum atomic E-state index is -0.325. The molecule has 1 aliphatic heterocycles. The first kappa shape index (κ1) is 20.0. The molecule has 160 valence electrons. The molecular formula is C26H23N3O3. The zero-order chi connectivity index (χ0) is 22.4. The van der Waals surface area contributed by atoms with Gasteiger partial charge in [0.25, 0.3) is 0 Å². The van der Waals surface area contributed by atoms with Gasteiger partial charge in [-0.05, 0) is 55.1 Å². The molecule has 0 aliphatic carbocycles. The maximum Gasteiger partial charge on any atom is 0.235 e. The van der Waals surface area contributed by atoms with Crippen LogP contribution >= 0.6 is 0 Å². The number of Topliss-reactive ketones (excluding diaryl/α,β-unsaturated/α-hetero) is 1. The molecule has 0 radical (unpaired) electrons. The lowest BCUT2D eigenvalue weighted by atomic mass is 9.99. The number of aromatic nitrogens is 2. The summed E-state index contributed by atoms with van der Waals surface area (Å²) in [4.78, 5) is 19.6. The normalized spacial score (nSPS) is 14.4. The average Bonchev–Trinajstić information content (AvgIpc) is 3.26. The molecule has 1 aliphatic rings. The van der Waals surface area contributed by atoms with Crippen molar-refractivity contribution in [3.05, 3.63) is 83.4 Å². The van der Waals surface area contributed by atoms with E-state index in [1.807, 2.05) is 23.9 Å². The van der Waals surface area contributed by atoms with Crippen molar-refractivity contribution in [2.45, 2.75) is 6.54 Å². The second-order valence-corrected chi connectivity index (χ2v) is 8.28. The van der Waals surface area contributed by atoms with Gasteiger partial charge in [0.2, 0.25) is 5.78 Å². The highest BCUT2D eigenvalue weighted by Crippen LogP contribution is 2.39. The number of hydrogen-bond donors (Lipinski definition) is 1. The molecule has 0 unspecified atom stereocenters. The summed E-state index contributed by atoms with van der Waals surface area (Å²) >= 11 is 0. The van der Waals surface area contributed by atoms with E-state index in [2.05, 4.69) is 48.2 Å². The number of pyridine rings is 1. The number of aryl methyl sites for hydroxylation is 1. The third-order valence-electron chi connectivity index (χ3n) is 5.61. The summed E-state index contributed by atoms with van der Waals surface area (Å²) in [6.07, 6.45) is 5.47. The van der Waals surface area contributed by atoms with E-state index in [9.17, 15) is 9.90 Å². The monoisotopic (exact) mass is 425 g/mol. The number of fused-ring (bicyclic) bond motifs is 2. The number of phenols is 1. The fraction of sp³-hybridized carbons (Fsp3) is 0.154. The Bertz CT molecular complexity index is 1380. The Kier molecular flexibility index (Phi) is 4.79. The summed E-state index contributed by atoms with van der Waals surface area (Å²) in [6, 6.07) is 15.3. The molecule has 0 fully saturated rings. The van der Waals surface area contributed by atoms with Gasteiger partial charge in [0, 0.05) is 36.9 Å². The second-order valence-electron chi connectivity index (χ2n) is 8.28. The number of aromatic hydroxyl groups is 1. The van der Waals surface area contributed by atoms with Crippen molar-refractivity contribution in [2.75, 3.05) is 14.1 Å². The molecule has 3 heterocycles. The van der Waals surface area contributed by atoms with Crippen molar-refractivity contribution in [3.63, 3.8) is 0 Å². The van der Waals surface area contributed by atoms with E-state index in [4.69, 9.17) is 4.74 Å². The van der Waals surface area contributed by atoms with E-state index in [1.54, 1.807) is 24.4 Å². The molecule has 0 atom stereocenters. The van der Waals surface area contributed by atoms with E-state index >= 15 is 0 Å². The van der Waals surface area contributed by atoms with Crippen molar-refractivity contribution in [3.8, 4) is 22.6 Å². The molecule has 0 spiro atoms. The lowest BCUT2D eigenvalue weighted by Crippen LogP contribution is -2.10. The summed E-state index contributed by atoms with van der Waals surface area (Å²) in [7, 11) is 6.03. The van der Waals surface area contributed by atoms with Crippen molar-refractivity contribution in [2.24, 2.45) is 7.05 Å². The number of carbonyl (C=O) groups is 1. The first-order chi connectivity index (χ1) is 15.4. The molecule has 2 aromatic heterocycles. The van der Waals surface area contributed by atoms with Gasteiger partial charge < -0.3 is 19.3 Å². The number of ether oxygens (including phenoxy) is 1. The van der Waals surface area contributed by atoms with Crippen molar-refractivity contribution >= 4 is 22.9 Å². The summed E-state index contributed by atoms with van der Waals surface area (Å²) in [5.74, 6) is 0.157. The Hall–Kier alpha value is -3.90. The van der Waals surface area contributed by atoms with E-state index in [0.29, 0.717) is 5.75 Å². The molecule has 1 N–H and O–H groups in total. The standard InChI is InChI=1S/C26H23N3O3/c1-28(2)14-16-7-9-17(10-8-16)19-11-12-27-26-23(19)18(15-29(26)3)13-22-25(31)24-20(30)5-4-6-21(24)32-22/h4-13,15,30H,14H2,1-3H3. The first-order valence-electron chi connectivity index (χ1n) is 10.4. The highest BCUT2D eigenvalue weighted by atomic mass is 16.5. The van der Waals surface area contributed by atoms with Crippen LogP contribution in [0.25, 0.3) is 28.2 Å². The number of rotatable bonds is 4. The van der Waals surface area contributed by atoms with Crippen molar-refractivity contribution in [1.29, 1.82) is 0 Å². The van der Waals surface area contributed by atoms with Crippen LogP contribution in [-0.4, -0.2) is 39.4 Å². The molecule has 0 saturated carbocycles. The van der Waals surface area contributed by atoms with Crippen LogP contribution in [0.4, 0.5) is 0 Å². The number of nitrogens with zero attached hydrogens (tertiary/aromatic N) is 3. The van der Waals surface area contributed by atoms with Crippen LogP contribution in [0, 0.1) is 0 Å². The molecule has 6 heteroatoms. The van der Waals surface area contributed by atoms with E-state index in [-0.39, 0.29) is 22.9 Å². The Balaban J connectivity index is 1.61. The Morgan fingerprint density at radius 1 is 1.12 bits per heavy atom. The predicted molar refractivity (Wildman–Crippen MR) is 125 cm³/mol. The highest BCUT2D eigenvalue weighted by Gasteiger charge is 2.30. The molecule has 0 saturated heterocycles. The average molecular weight is 425 g/mol. The van der Waals surface area contributed by atoms with E-state index in [0.717, 1.165) is 34.3 Å². The Labute approximate surface area is 186 Å². The largest absolute Gasteiger partial charge is 0.507 e. The minimum Gasteiger partial charge on any atom is -0.507 e.